The maximum absolute atomic E-state index is 14.9. The van der Waals surface area contributed by atoms with Crippen molar-refractivity contribution in [3.63, 3.8) is 0 Å². The van der Waals surface area contributed by atoms with Crippen LogP contribution >= 0.6 is 0 Å². The van der Waals surface area contributed by atoms with Crippen LogP contribution in [0.5, 0.6) is 5.75 Å². The van der Waals surface area contributed by atoms with E-state index in [0.717, 1.165) is 5.56 Å². The van der Waals surface area contributed by atoms with Gasteiger partial charge in [0, 0.05) is 49.9 Å². The van der Waals surface area contributed by atoms with Crippen LogP contribution in [0.2, 0.25) is 0 Å². The lowest BCUT2D eigenvalue weighted by Crippen LogP contribution is -2.51. The van der Waals surface area contributed by atoms with Crippen molar-refractivity contribution >= 4 is 16.7 Å². The van der Waals surface area contributed by atoms with E-state index in [-0.39, 0.29) is 23.8 Å². The van der Waals surface area contributed by atoms with Crippen LogP contribution in [0, 0.1) is 17.0 Å². The molecule has 1 N–H and O–H groups in total. The van der Waals surface area contributed by atoms with E-state index in [1.807, 2.05) is 17.0 Å². The van der Waals surface area contributed by atoms with E-state index < -0.39 is 11.1 Å². The number of methoxy groups -OCH3 is 1. The van der Waals surface area contributed by atoms with E-state index in [4.69, 9.17) is 4.74 Å². The third kappa shape index (κ3) is 5.23. The quantitative estimate of drug-likeness (QED) is 0.400. The molecular weight excluding hydrogens is 441 g/mol. The summed E-state index contributed by atoms with van der Waals surface area (Å²) in [6, 6.07) is 10.1. The first-order valence-electron chi connectivity index (χ1n) is 11.2. The fraction of sp³-hybridized carbons (Fsp3) is 0.417. The predicted molar refractivity (Wildman–Crippen MR) is 127 cm³/mol. The molecule has 1 aliphatic heterocycles. The molecule has 1 saturated heterocycles. The molecule has 2 aromatic carbocycles. The fourth-order valence-electron chi connectivity index (χ4n) is 4.35. The van der Waals surface area contributed by atoms with Crippen LogP contribution in [0.4, 0.5) is 10.1 Å². The van der Waals surface area contributed by atoms with E-state index in [9.17, 15) is 19.3 Å². The number of benzene rings is 2. The van der Waals surface area contributed by atoms with Crippen LogP contribution in [0.3, 0.4) is 0 Å². The summed E-state index contributed by atoms with van der Waals surface area (Å²) in [4.78, 5) is 29.4. The maximum Gasteiger partial charge on any atom is 0.272 e. The molecule has 1 aliphatic rings. The number of likely N-dealkylation sites (tertiary alicyclic amines) is 1. The first kappa shape index (κ1) is 23.8. The monoisotopic (exact) mass is 469 g/mol. The Balaban J connectivity index is 1.35. The Morgan fingerprint density at radius 2 is 2.09 bits per heavy atom. The topological polar surface area (TPSA) is 103 Å². The molecule has 34 heavy (non-hydrogen) atoms. The van der Waals surface area contributed by atoms with Gasteiger partial charge in [0.25, 0.3) is 11.2 Å². The van der Waals surface area contributed by atoms with Crippen molar-refractivity contribution in [3.8, 4) is 5.75 Å². The highest BCUT2D eigenvalue weighted by Crippen LogP contribution is 2.21. The minimum absolute atomic E-state index is 0.0717. The summed E-state index contributed by atoms with van der Waals surface area (Å²) in [5.74, 6) is 0.642. The number of halogens is 1. The van der Waals surface area contributed by atoms with Crippen LogP contribution in [0.15, 0.2) is 47.4 Å². The highest BCUT2D eigenvalue weighted by molar-refractivity contribution is 5.76. The SMILES string of the molecule is COc1ccc2ncc(=O)n(CCN3CC[C@H](NCc4ccc(C)c([N+](=O)[O-])c4)[C@H](F)C3)c2c1. The molecule has 3 aromatic rings. The van der Waals surface area contributed by atoms with Crippen LogP contribution in [0.1, 0.15) is 17.5 Å². The molecule has 2 heterocycles. The Bertz CT molecular complexity index is 1250. The van der Waals surface area contributed by atoms with Gasteiger partial charge in [-0.3, -0.25) is 19.8 Å². The maximum atomic E-state index is 14.9. The van der Waals surface area contributed by atoms with Crippen LogP contribution < -0.4 is 15.6 Å². The normalized spacial score (nSPS) is 18.8. The van der Waals surface area contributed by atoms with Crippen molar-refractivity contribution in [1.82, 2.24) is 19.8 Å². The number of nitro benzene ring substituents is 1. The summed E-state index contributed by atoms with van der Waals surface area (Å²) in [5.41, 5.74) is 2.61. The highest BCUT2D eigenvalue weighted by Gasteiger charge is 2.29. The van der Waals surface area contributed by atoms with E-state index in [2.05, 4.69) is 10.3 Å². The summed E-state index contributed by atoms with van der Waals surface area (Å²) in [5, 5.41) is 14.4. The van der Waals surface area contributed by atoms with E-state index >= 15 is 0 Å². The molecule has 0 radical (unpaired) electrons. The Morgan fingerprint density at radius 1 is 1.26 bits per heavy atom. The van der Waals surface area contributed by atoms with Gasteiger partial charge in [-0.05, 0) is 37.6 Å². The first-order valence-corrected chi connectivity index (χ1v) is 11.2. The molecule has 10 heteroatoms. The molecule has 0 bridgehead atoms. The number of fused-ring (bicyclic) bond motifs is 1. The number of nitrogens with one attached hydrogen (secondary N) is 1. The standard InChI is InChI=1S/C24H28FN5O4/c1-16-3-4-17(11-22(16)30(32)33)13-26-20-7-8-28(15-19(20)25)9-10-29-23-12-18(34-2)5-6-21(23)27-14-24(29)31/h3-6,11-12,14,19-20,26H,7-10,13,15H2,1-2H3/t19-,20+/m1/s1. The van der Waals surface area contributed by atoms with Gasteiger partial charge < -0.3 is 14.6 Å². The zero-order valence-corrected chi connectivity index (χ0v) is 19.2. The molecule has 0 unspecified atom stereocenters. The number of aryl methyl sites for hydroxylation is 1. The van der Waals surface area contributed by atoms with Gasteiger partial charge >= 0.3 is 0 Å². The van der Waals surface area contributed by atoms with Crippen molar-refractivity contribution in [2.75, 3.05) is 26.7 Å². The second-order valence-corrected chi connectivity index (χ2v) is 8.57. The summed E-state index contributed by atoms with van der Waals surface area (Å²) < 4.78 is 21.8. The van der Waals surface area contributed by atoms with Crippen molar-refractivity contribution in [1.29, 1.82) is 0 Å². The minimum Gasteiger partial charge on any atom is -0.497 e. The number of nitrogens with zero attached hydrogens (tertiary/aromatic N) is 4. The fourth-order valence-corrected chi connectivity index (χ4v) is 4.35. The summed E-state index contributed by atoms with van der Waals surface area (Å²) in [6.07, 6.45) is 0.827. The first-order chi connectivity index (χ1) is 16.4. The summed E-state index contributed by atoms with van der Waals surface area (Å²) >= 11 is 0. The summed E-state index contributed by atoms with van der Waals surface area (Å²) in [6.45, 7) is 3.96. The average Bonchev–Trinajstić information content (AvgIpc) is 2.83. The molecule has 2 atom stereocenters. The van der Waals surface area contributed by atoms with Gasteiger partial charge in [0.2, 0.25) is 0 Å². The average molecular weight is 470 g/mol. The predicted octanol–water partition coefficient (Wildman–Crippen LogP) is 2.82. The summed E-state index contributed by atoms with van der Waals surface area (Å²) in [7, 11) is 1.57. The zero-order chi connectivity index (χ0) is 24.2. The van der Waals surface area contributed by atoms with Crippen molar-refractivity contribution in [2.24, 2.45) is 0 Å². The molecule has 0 saturated carbocycles. The molecule has 4 rings (SSSR count). The third-order valence-corrected chi connectivity index (χ3v) is 6.36. The second-order valence-electron chi connectivity index (χ2n) is 8.57. The molecule has 0 amide bonds. The molecular formula is C24H28FN5O4. The van der Waals surface area contributed by atoms with Gasteiger partial charge in [0.15, 0.2) is 0 Å². The van der Waals surface area contributed by atoms with Crippen molar-refractivity contribution < 1.29 is 14.1 Å². The number of nitro groups is 1. The smallest absolute Gasteiger partial charge is 0.272 e. The number of piperidine rings is 1. The van der Waals surface area contributed by atoms with Crippen molar-refractivity contribution in [3.05, 3.63) is 74.2 Å². The lowest BCUT2D eigenvalue weighted by molar-refractivity contribution is -0.385. The lowest BCUT2D eigenvalue weighted by atomic mass is 10.0. The van der Waals surface area contributed by atoms with Gasteiger partial charge in [0.1, 0.15) is 11.9 Å². The van der Waals surface area contributed by atoms with Crippen LogP contribution in [-0.4, -0.2) is 58.3 Å². The number of rotatable bonds is 8. The van der Waals surface area contributed by atoms with Gasteiger partial charge in [-0.2, -0.15) is 0 Å². The number of alkyl halides is 1. The molecule has 0 spiro atoms. The lowest BCUT2D eigenvalue weighted by Gasteiger charge is -2.35. The number of hydrogen-bond donors (Lipinski definition) is 1. The largest absolute Gasteiger partial charge is 0.497 e. The number of aromatic nitrogens is 2. The molecule has 180 valence electrons. The number of ether oxygens (including phenoxy) is 1. The van der Waals surface area contributed by atoms with E-state index in [0.29, 0.717) is 54.9 Å². The molecule has 9 nitrogen and oxygen atoms in total. The van der Waals surface area contributed by atoms with E-state index in [1.54, 1.807) is 36.8 Å². The van der Waals surface area contributed by atoms with E-state index in [1.165, 1.54) is 12.3 Å². The van der Waals surface area contributed by atoms with Gasteiger partial charge in [-0.1, -0.05) is 12.1 Å². The van der Waals surface area contributed by atoms with Crippen molar-refractivity contribution in [2.45, 2.75) is 38.6 Å². The minimum atomic E-state index is -1.08. The molecule has 0 aliphatic carbocycles. The second kappa shape index (κ2) is 10.3. The number of hydrogen-bond acceptors (Lipinski definition) is 7. The van der Waals surface area contributed by atoms with Gasteiger partial charge in [-0.25, -0.2) is 9.37 Å². The Labute approximate surface area is 196 Å². The zero-order valence-electron chi connectivity index (χ0n) is 19.2. The van der Waals surface area contributed by atoms with Gasteiger partial charge in [-0.15, -0.1) is 0 Å². The third-order valence-electron chi connectivity index (χ3n) is 6.36. The van der Waals surface area contributed by atoms with Crippen LogP contribution in [0.25, 0.3) is 11.0 Å². The highest BCUT2D eigenvalue weighted by atomic mass is 19.1. The van der Waals surface area contributed by atoms with Gasteiger partial charge in [0.05, 0.1) is 29.3 Å². The van der Waals surface area contributed by atoms with Crippen LogP contribution in [-0.2, 0) is 13.1 Å². The Morgan fingerprint density at radius 3 is 2.82 bits per heavy atom. The molecule has 1 fully saturated rings. The Kier molecular flexibility index (Phi) is 7.18. The Hall–Kier alpha value is -3.37. The molecule has 1 aromatic heterocycles.